The lowest BCUT2D eigenvalue weighted by molar-refractivity contribution is -0.0319. The van der Waals surface area contributed by atoms with Crippen LogP contribution in [0, 0.1) is 0 Å². The Hall–Kier alpha value is 0.712. The minimum absolute atomic E-state index is 0.455. The molecule has 14 saturated heterocycles. The van der Waals surface area contributed by atoms with Crippen molar-refractivity contribution in [1.29, 1.82) is 0 Å². The number of nitrogens with zero attached hydrogens (tertiary/aromatic N) is 16. The molecule has 0 amide bonds. The van der Waals surface area contributed by atoms with Gasteiger partial charge in [-0.25, -0.2) is 0 Å². The third-order valence-corrected chi connectivity index (χ3v) is 62.6. The minimum Gasteiger partial charge on any atom is -0.390 e. The molecule has 0 atom stereocenters. The second-order valence-corrected chi connectivity index (χ2v) is 59.5. The zero-order chi connectivity index (χ0) is 69.7. The standard InChI is InChI=1S/C60H130N16O15Si9/c1-61-28-35-68(53-61)20-11-45-93-80-94(46-12-21-69-36-29-62(2)54-69)83-97(49-15-24-72-39-32-65(5)57-72)85-95(81-93,47-13-22-70-37-30-63(3)55-70)87-99(51-17-26-74-41-34-67(7)59-74)88-96(82-93,48-14-23-71-38-31-64(4)56-71)86-98(84-94,50-16-25-73-40-33-66(6)58-73)90-100(89-97,91-99)52-18-27-76-43-42-75(60-76)19-10-44-92(77,78-8)79-9/h77H,10-60H2,1-9H3. The van der Waals surface area contributed by atoms with Crippen LogP contribution < -0.4 is 0 Å². The quantitative estimate of drug-likeness (QED) is 0.0838. The molecule has 14 fully saturated rings. The second kappa shape index (κ2) is 34.5. The zero-order valence-electron chi connectivity index (χ0n) is 62.9. The summed E-state index contributed by atoms with van der Waals surface area (Å²) in [4.78, 5) is 50.7. The minimum atomic E-state index is -4.29. The van der Waals surface area contributed by atoms with Gasteiger partial charge in [0.1, 0.15) is 0 Å². The van der Waals surface area contributed by atoms with Crippen molar-refractivity contribution < 1.29 is 63.0 Å². The van der Waals surface area contributed by atoms with E-state index >= 15 is 0 Å². The summed E-state index contributed by atoms with van der Waals surface area (Å²) >= 11 is 0. The van der Waals surface area contributed by atoms with Gasteiger partial charge in [-0.15, -0.1) is 0 Å². The van der Waals surface area contributed by atoms with Crippen LogP contribution in [0.4, 0.5) is 0 Å². The predicted molar refractivity (Wildman–Crippen MR) is 397 cm³/mol. The third-order valence-electron chi connectivity index (χ3n) is 22.8. The molecule has 31 nitrogen and oxygen atoms in total. The Kier molecular flexibility index (Phi) is 27.2. The Balaban J connectivity index is 0.955. The molecule has 40 heteroatoms. The Morgan fingerprint density at radius 2 is 0.390 bits per heavy atom. The maximum Gasteiger partial charge on any atom is 0.497 e. The van der Waals surface area contributed by atoms with Crippen LogP contribution in [0.1, 0.15) is 57.8 Å². The molecule has 0 saturated carbocycles. The van der Waals surface area contributed by atoms with Crippen LogP contribution in [0.15, 0.2) is 0 Å². The van der Waals surface area contributed by atoms with Gasteiger partial charge in [-0.05, 0) is 166 Å². The Bertz CT molecular complexity index is 2380. The van der Waals surface area contributed by atoms with Gasteiger partial charge in [-0.2, -0.15) is 0 Å². The van der Waals surface area contributed by atoms with Gasteiger partial charge >= 0.3 is 79.2 Å². The van der Waals surface area contributed by atoms with Crippen molar-refractivity contribution >= 4 is 79.2 Å². The monoisotopic (exact) mass is 1570 g/mol. The van der Waals surface area contributed by atoms with Gasteiger partial charge in [0.2, 0.25) is 0 Å². The van der Waals surface area contributed by atoms with Crippen molar-refractivity contribution in [2.45, 2.75) is 112 Å². The third kappa shape index (κ3) is 20.6. The van der Waals surface area contributed by atoms with Crippen molar-refractivity contribution in [3.8, 4) is 0 Å². The molecule has 0 aromatic rings. The molecule has 0 aliphatic carbocycles. The van der Waals surface area contributed by atoms with Gasteiger partial charge in [0.05, 0.1) is 53.3 Å². The van der Waals surface area contributed by atoms with Gasteiger partial charge in [-0.1, -0.05) is 0 Å². The molecule has 576 valence electrons. The van der Waals surface area contributed by atoms with Gasteiger partial charge in [-0.3, -0.25) is 78.4 Å². The van der Waals surface area contributed by atoms with E-state index in [-0.39, 0.29) is 0 Å². The van der Waals surface area contributed by atoms with E-state index in [0.29, 0.717) is 60.8 Å². The van der Waals surface area contributed by atoms with E-state index in [1.807, 2.05) is 0 Å². The lowest BCUT2D eigenvalue weighted by atomic mass is 10.4. The normalized spacial score (nSPS) is 36.9. The molecule has 14 aliphatic rings. The summed E-state index contributed by atoms with van der Waals surface area (Å²) in [6, 6.07) is 4.37. The van der Waals surface area contributed by atoms with E-state index in [1.54, 1.807) is 14.2 Å². The summed E-state index contributed by atoms with van der Waals surface area (Å²) in [5, 5.41) is 0. The smallest absolute Gasteiger partial charge is 0.390 e. The Labute approximate surface area is 609 Å². The molecular weight excluding hydrogens is 1440 g/mol. The largest absolute Gasteiger partial charge is 0.497 e. The Morgan fingerprint density at radius 1 is 0.240 bits per heavy atom. The highest BCUT2D eigenvalue weighted by Crippen LogP contribution is 2.55. The highest BCUT2D eigenvalue weighted by Gasteiger charge is 2.83. The average molecular weight is 1570 g/mol. The molecule has 14 rings (SSSR count). The molecule has 14 heterocycles. The maximum atomic E-state index is 11.0. The first-order valence-electron chi connectivity index (χ1n) is 38.6. The van der Waals surface area contributed by atoms with Crippen LogP contribution >= 0.6 is 0 Å². The summed E-state index contributed by atoms with van der Waals surface area (Å²) in [7, 11) is -18.6. The van der Waals surface area contributed by atoms with E-state index in [1.165, 1.54) is 0 Å². The predicted octanol–water partition coefficient (Wildman–Crippen LogP) is 0.509. The van der Waals surface area contributed by atoms with E-state index in [9.17, 15) is 4.80 Å². The first-order chi connectivity index (χ1) is 48.1. The summed E-state index contributed by atoms with van der Waals surface area (Å²) in [6.45, 7) is 30.5. The van der Waals surface area contributed by atoms with Gasteiger partial charge in [0.15, 0.2) is 0 Å². The fourth-order valence-electron chi connectivity index (χ4n) is 17.4. The van der Waals surface area contributed by atoms with E-state index < -0.39 is 79.2 Å². The number of hydrogen-bond acceptors (Lipinski definition) is 31. The SMILES string of the molecule is CO[Si](O)(CCCN1CCN(CCC[Si]23O[Si]4(CCCN5CCN(C)C5)O[Si]5(CCCN6CCN(C)C6)O[Si]6(CCCN7CCN(C)C7)O[Si](CCCN7CCN(C)C7)(O4)O[Si](CCCN4CCN(C)C4)(O[Si](CCCN4CCN(C)C4)(O6)O[Si](CCCN4CCN(C)C4)(O5)O2)O3)C1)OC. The van der Waals surface area contributed by atoms with E-state index in [4.69, 9.17) is 58.2 Å². The second-order valence-electron chi connectivity index (χ2n) is 32.0. The molecule has 0 aromatic heterocycles. The average Bonchev–Trinajstić information content (AvgIpc) is 0.759. The van der Waals surface area contributed by atoms with Crippen molar-refractivity contribution in [3.05, 3.63) is 0 Å². The molecular formula is C60H130N16O15Si9. The number of likely N-dealkylation sites (N-methyl/N-ethyl adjacent to an activating group) is 7. The molecule has 0 spiro atoms. The van der Waals surface area contributed by atoms with Crippen LogP contribution in [0.2, 0.25) is 54.4 Å². The van der Waals surface area contributed by atoms with E-state index in [2.05, 4.69) is 128 Å². The first kappa shape index (κ1) is 78.8. The van der Waals surface area contributed by atoms with Crippen LogP contribution in [-0.4, -0.2) is 443 Å². The number of rotatable bonds is 38. The fourth-order valence-corrected chi connectivity index (χ4v) is 68.9. The van der Waals surface area contributed by atoms with Crippen molar-refractivity contribution in [1.82, 2.24) is 78.4 Å². The summed E-state index contributed by atoms with van der Waals surface area (Å²) in [5.74, 6) is 0. The zero-order valence-corrected chi connectivity index (χ0v) is 71.9. The highest BCUT2D eigenvalue weighted by atomic mass is 28.6. The fraction of sp³-hybridized carbons (Fsp3) is 1.00. The molecule has 14 aliphatic heterocycles. The van der Waals surface area contributed by atoms with Gasteiger partial charge < -0.3 is 63.0 Å². The molecule has 100 heavy (non-hydrogen) atoms. The lowest BCUT2D eigenvalue weighted by Gasteiger charge is -2.63. The van der Waals surface area contributed by atoms with Crippen LogP contribution in [-0.2, 0) is 58.2 Å². The highest BCUT2D eigenvalue weighted by molar-refractivity contribution is 7.03. The molecule has 0 radical (unpaired) electrons. The van der Waals surface area contributed by atoms with Crippen molar-refractivity contribution in [2.75, 3.05) is 281 Å². The molecule has 8 bridgehead atoms. The van der Waals surface area contributed by atoms with Gasteiger partial charge in [0, 0.05) is 173 Å². The Morgan fingerprint density at radius 3 is 0.540 bits per heavy atom. The van der Waals surface area contributed by atoms with Crippen LogP contribution in [0.25, 0.3) is 0 Å². The first-order valence-corrected chi connectivity index (χ1v) is 56.1. The van der Waals surface area contributed by atoms with Crippen molar-refractivity contribution in [2.24, 2.45) is 0 Å². The summed E-state index contributed by atoms with van der Waals surface area (Å²) < 4.78 is 114. The summed E-state index contributed by atoms with van der Waals surface area (Å²) in [6.07, 6.45) is 6.75. The van der Waals surface area contributed by atoms with Crippen LogP contribution in [0.5, 0.6) is 0 Å². The molecule has 0 unspecified atom stereocenters. The van der Waals surface area contributed by atoms with Gasteiger partial charge in [0.25, 0.3) is 0 Å². The molecule has 0 aromatic carbocycles. The maximum absolute atomic E-state index is 11.0. The van der Waals surface area contributed by atoms with E-state index in [0.717, 1.165) is 268 Å². The summed E-state index contributed by atoms with van der Waals surface area (Å²) in [5.41, 5.74) is 0. The topological polar surface area (TPSA) is 201 Å². The van der Waals surface area contributed by atoms with Crippen molar-refractivity contribution in [3.63, 3.8) is 0 Å². The lowest BCUT2D eigenvalue weighted by Crippen LogP contribution is -2.88. The number of hydrogen-bond donors (Lipinski definition) is 1. The van der Waals surface area contributed by atoms with Crippen LogP contribution in [0.3, 0.4) is 0 Å². The molecule has 1 N–H and O–H groups in total.